The third-order valence-electron chi connectivity index (χ3n) is 7.23. The van der Waals surface area contributed by atoms with E-state index < -0.39 is 6.04 Å². The molecule has 0 saturated heterocycles. The van der Waals surface area contributed by atoms with Crippen LogP contribution < -0.4 is 9.47 Å². The molecule has 9 heteroatoms. The van der Waals surface area contributed by atoms with Gasteiger partial charge < -0.3 is 19.5 Å². The first-order valence-corrected chi connectivity index (χ1v) is 13.9. The Morgan fingerprint density at radius 1 is 1.12 bits per heavy atom. The van der Waals surface area contributed by atoms with Gasteiger partial charge in [0.2, 0.25) is 0 Å². The summed E-state index contributed by atoms with van der Waals surface area (Å²) in [6.45, 7) is 4.94. The first-order valence-electron chi connectivity index (χ1n) is 13.5. The van der Waals surface area contributed by atoms with Gasteiger partial charge in [-0.05, 0) is 60.4 Å². The maximum atomic E-state index is 13.8. The molecule has 1 atom stereocenters. The number of fused-ring (bicyclic) bond motifs is 1. The van der Waals surface area contributed by atoms with Crippen LogP contribution in [0.5, 0.6) is 17.2 Å². The van der Waals surface area contributed by atoms with Crippen LogP contribution in [0.3, 0.4) is 0 Å². The first kappa shape index (κ1) is 27.5. The monoisotopic (exact) mass is 560 g/mol. The fourth-order valence-corrected chi connectivity index (χ4v) is 5.30. The minimum absolute atomic E-state index is 0.0394. The molecular weight excluding hydrogens is 528 g/mol. The summed E-state index contributed by atoms with van der Waals surface area (Å²) in [5.41, 5.74) is 4.42. The number of pyridine rings is 1. The van der Waals surface area contributed by atoms with Crippen molar-refractivity contribution in [1.29, 1.82) is 0 Å². The van der Waals surface area contributed by atoms with E-state index >= 15 is 0 Å². The van der Waals surface area contributed by atoms with Crippen molar-refractivity contribution in [1.82, 2.24) is 20.1 Å². The van der Waals surface area contributed by atoms with Crippen LogP contribution in [0, 0.1) is 6.92 Å². The fraction of sp³-hybridized carbons (Fsp3) is 0.323. The number of amides is 1. The van der Waals surface area contributed by atoms with E-state index in [4.69, 9.17) is 21.1 Å². The lowest BCUT2D eigenvalue weighted by atomic mass is 9.95. The van der Waals surface area contributed by atoms with Crippen LogP contribution in [0.1, 0.15) is 71.4 Å². The van der Waals surface area contributed by atoms with Gasteiger partial charge in [-0.2, -0.15) is 5.10 Å². The third-order valence-corrected chi connectivity index (χ3v) is 7.64. The number of nitrogens with zero attached hydrogens (tertiary/aromatic N) is 3. The van der Waals surface area contributed by atoms with E-state index in [-0.39, 0.29) is 11.7 Å². The van der Waals surface area contributed by atoms with Gasteiger partial charge in [0.1, 0.15) is 17.1 Å². The Bertz CT molecular complexity index is 1500. The van der Waals surface area contributed by atoms with Crippen LogP contribution in [0.15, 0.2) is 54.9 Å². The van der Waals surface area contributed by atoms with Crippen LogP contribution >= 0.6 is 11.6 Å². The standard InChI is InChI=1S/C31H33ClN4O4/c1-4-5-6-7-13-40-25-11-10-21(15-26(25)39-3)30-27-28(22-16-23(32)19(2)14-24(22)37)34-35-29(27)31(38)36(30)18-20-9-8-12-33-17-20/h8-12,14-17,30,37H,4-7,13,18H2,1-3H3,(H,34,35). The quantitative estimate of drug-likeness (QED) is 0.194. The molecule has 0 bridgehead atoms. The number of carbonyl (C=O) groups excluding carboxylic acids is 1. The predicted octanol–water partition coefficient (Wildman–Crippen LogP) is 6.85. The van der Waals surface area contributed by atoms with Crippen LogP contribution in [0.25, 0.3) is 11.3 Å². The minimum Gasteiger partial charge on any atom is -0.507 e. The number of ether oxygens (including phenoxy) is 2. The SMILES string of the molecule is CCCCCCOc1ccc(C2c3c(-c4cc(Cl)c(C)cc4O)n[nH]c3C(=O)N2Cc2cccnc2)cc1OC. The van der Waals surface area contributed by atoms with Gasteiger partial charge in [0.05, 0.1) is 19.8 Å². The molecule has 5 rings (SSSR count). The number of benzene rings is 2. The van der Waals surface area contributed by atoms with Crippen molar-refractivity contribution in [2.45, 2.75) is 52.1 Å². The summed E-state index contributed by atoms with van der Waals surface area (Å²) < 4.78 is 11.8. The fourth-order valence-electron chi connectivity index (χ4n) is 5.14. The van der Waals surface area contributed by atoms with Gasteiger partial charge in [-0.1, -0.05) is 49.9 Å². The number of carbonyl (C=O) groups is 1. The lowest BCUT2D eigenvalue weighted by molar-refractivity contribution is 0.0729. The Labute approximate surface area is 238 Å². The van der Waals surface area contributed by atoms with Crippen LogP contribution in [0.2, 0.25) is 5.02 Å². The Morgan fingerprint density at radius 2 is 1.98 bits per heavy atom. The van der Waals surface area contributed by atoms with Crippen LogP contribution in [-0.2, 0) is 6.54 Å². The molecule has 0 radical (unpaired) electrons. The van der Waals surface area contributed by atoms with Gasteiger partial charge in [-0.25, -0.2) is 0 Å². The summed E-state index contributed by atoms with van der Waals surface area (Å²) in [4.78, 5) is 19.8. The van der Waals surface area contributed by atoms with Crippen molar-refractivity contribution in [2.75, 3.05) is 13.7 Å². The number of unbranched alkanes of at least 4 members (excludes halogenated alkanes) is 3. The smallest absolute Gasteiger partial charge is 0.273 e. The molecule has 3 heterocycles. The number of H-pyrrole nitrogens is 1. The number of nitrogens with one attached hydrogen (secondary N) is 1. The predicted molar refractivity (Wildman–Crippen MR) is 154 cm³/mol. The molecule has 208 valence electrons. The number of aromatic hydroxyl groups is 1. The molecule has 4 aromatic rings. The molecule has 1 amide bonds. The summed E-state index contributed by atoms with van der Waals surface area (Å²) >= 11 is 6.43. The Hall–Kier alpha value is -4.04. The van der Waals surface area contributed by atoms with E-state index in [2.05, 4.69) is 22.1 Å². The van der Waals surface area contributed by atoms with E-state index in [1.807, 2.05) is 37.3 Å². The van der Waals surface area contributed by atoms with Crippen molar-refractivity contribution in [3.8, 4) is 28.5 Å². The maximum Gasteiger partial charge on any atom is 0.273 e. The molecule has 40 heavy (non-hydrogen) atoms. The molecular formula is C31H33ClN4O4. The number of hydrogen-bond donors (Lipinski definition) is 2. The zero-order valence-corrected chi connectivity index (χ0v) is 23.7. The number of hydrogen-bond acceptors (Lipinski definition) is 6. The molecule has 0 fully saturated rings. The highest BCUT2D eigenvalue weighted by molar-refractivity contribution is 6.31. The van der Waals surface area contributed by atoms with E-state index in [0.717, 1.165) is 36.0 Å². The average molecular weight is 561 g/mol. The second-order valence-corrected chi connectivity index (χ2v) is 10.4. The number of aromatic amines is 1. The topological polar surface area (TPSA) is 101 Å². The molecule has 8 nitrogen and oxygen atoms in total. The second kappa shape index (κ2) is 12.0. The van der Waals surface area contributed by atoms with Crippen LogP contribution in [0.4, 0.5) is 0 Å². The van der Waals surface area contributed by atoms with Gasteiger partial charge in [-0.15, -0.1) is 0 Å². The average Bonchev–Trinajstić information content (AvgIpc) is 3.50. The zero-order valence-electron chi connectivity index (χ0n) is 22.9. The first-order chi connectivity index (χ1) is 19.4. The van der Waals surface area contributed by atoms with Crippen molar-refractivity contribution in [3.63, 3.8) is 0 Å². The van der Waals surface area contributed by atoms with Crippen molar-refractivity contribution in [3.05, 3.63) is 87.8 Å². The molecule has 0 aliphatic carbocycles. The number of aryl methyl sites for hydroxylation is 1. The van der Waals surface area contributed by atoms with Crippen LogP contribution in [-0.4, -0.2) is 44.8 Å². The van der Waals surface area contributed by atoms with Gasteiger partial charge in [0.25, 0.3) is 5.91 Å². The molecule has 2 N–H and O–H groups in total. The van der Waals surface area contributed by atoms with E-state index in [1.165, 1.54) is 6.42 Å². The zero-order chi connectivity index (χ0) is 28.2. The maximum absolute atomic E-state index is 13.8. The van der Waals surface area contributed by atoms with Gasteiger partial charge in [-0.3, -0.25) is 14.9 Å². The number of phenolic OH excluding ortho intramolecular Hbond substituents is 1. The van der Waals surface area contributed by atoms with Gasteiger partial charge in [0, 0.05) is 35.1 Å². The lowest BCUT2D eigenvalue weighted by Gasteiger charge is -2.27. The van der Waals surface area contributed by atoms with E-state index in [1.54, 1.807) is 36.5 Å². The number of phenols is 1. The number of halogens is 1. The highest BCUT2D eigenvalue weighted by atomic mass is 35.5. The molecule has 0 saturated carbocycles. The number of rotatable bonds is 11. The Balaban J connectivity index is 1.57. The largest absolute Gasteiger partial charge is 0.507 e. The minimum atomic E-state index is -0.511. The molecule has 1 aliphatic heterocycles. The van der Waals surface area contributed by atoms with Crippen molar-refractivity contribution in [2.24, 2.45) is 0 Å². The van der Waals surface area contributed by atoms with Crippen molar-refractivity contribution < 1.29 is 19.4 Å². The summed E-state index contributed by atoms with van der Waals surface area (Å²) in [6.07, 6.45) is 7.88. The van der Waals surface area contributed by atoms with E-state index in [0.29, 0.717) is 52.2 Å². The number of methoxy groups -OCH3 is 1. The summed E-state index contributed by atoms with van der Waals surface area (Å²) in [7, 11) is 1.61. The third kappa shape index (κ3) is 5.36. The highest BCUT2D eigenvalue weighted by Crippen LogP contribution is 2.47. The van der Waals surface area contributed by atoms with E-state index in [9.17, 15) is 9.90 Å². The van der Waals surface area contributed by atoms with Gasteiger partial charge in [0.15, 0.2) is 11.5 Å². The molecule has 0 spiro atoms. The summed E-state index contributed by atoms with van der Waals surface area (Å²) in [5.74, 6) is 1.08. The summed E-state index contributed by atoms with van der Waals surface area (Å²) in [5, 5.41) is 18.7. The second-order valence-electron chi connectivity index (χ2n) is 10.00. The molecule has 2 aromatic carbocycles. The molecule has 1 unspecified atom stereocenters. The van der Waals surface area contributed by atoms with Crippen molar-refractivity contribution >= 4 is 17.5 Å². The molecule has 2 aromatic heterocycles. The molecule has 1 aliphatic rings. The summed E-state index contributed by atoms with van der Waals surface area (Å²) in [6, 6.07) is 12.3. The van der Waals surface area contributed by atoms with Gasteiger partial charge >= 0.3 is 0 Å². The number of aromatic nitrogens is 3. The Morgan fingerprint density at radius 3 is 2.73 bits per heavy atom. The normalized spacial score (nSPS) is 14.4. The Kier molecular flexibility index (Phi) is 8.26. The highest BCUT2D eigenvalue weighted by Gasteiger charge is 2.43. The lowest BCUT2D eigenvalue weighted by Crippen LogP contribution is -2.29.